The Morgan fingerprint density at radius 3 is 2.79 bits per heavy atom. The maximum atomic E-state index is 11.5. The van der Waals surface area contributed by atoms with Gasteiger partial charge in [0.15, 0.2) is 0 Å². The van der Waals surface area contributed by atoms with Crippen molar-refractivity contribution in [1.29, 1.82) is 0 Å². The van der Waals surface area contributed by atoms with E-state index in [9.17, 15) is 4.79 Å². The minimum absolute atomic E-state index is 0. The van der Waals surface area contributed by atoms with Crippen molar-refractivity contribution in [3.8, 4) is 0 Å². The third-order valence-corrected chi connectivity index (χ3v) is 2.28. The summed E-state index contributed by atoms with van der Waals surface area (Å²) in [5.74, 6) is 0.159. The Kier molecular flexibility index (Phi) is 3.49. The molecular formula is C10H13ClN2O. The molecule has 0 saturated heterocycles. The van der Waals surface area contributed by atoms with Crippen LogP contribution in [0.2, 0.25) is 0 Å². The Bertz CT molecular complexity index is 341. The van der Waals surface area contributed by atoms with Crippen LogP contribution in [-0.4, -0.2) is 19.0 Å². The Hall–Kier alpha value is -1.06. The molecule has 0 saturated carbocycles. The van der Waals surface area contributed by atoms with Crippen molar-refractivity contribution in [3.05, 3.63) is 29.8 Å². The van der Waals surface area contributed by atoms with Crippen LogP contribution in [0.3, 0.4) is 0 Å². The monoisotopic (exact) mass is 212 g/mol. The van der Waals surface area contributed by atoms with Crippen molar-refractivity contribution in [2.75, 3.05) is 18.0 Å². The smallest absolute Gasteiger partial charge is 0.231 e. The van der Waals surface area contributed by atoms with Crippen molar-refractivity contribution in [2.24, 2.45) is 5.73 Å². The lowest BCUT2D eigenvalue weighted by Gasteiger charge is -2.15. The summed E-state index contributed by atoms with van der Waals surface area (Å²) in [6.07, 6.45) is 0.524. The molecule has 1 aliphatic rings. The number of hydrogen-bond acceptors (Lipinski definition) is 2. The maximum absolute atomic E-state index is 11.5. The zero-order valence-electron chi connectivity index (χ0n) is 7.77. The molecule has 0 fully saturated rings. The van der Waals surface area contributed by atoms with Crippen molar-refractivity contribution >= 4 is 24.0 Å². The lowest BCUT2D eigenvalue weighted by atomic mass is 10.2. The first-order valence-corrected chi connectivity index (χ1v) is 4.41. The number of amides is 1. The van der Waals surface area contributed by atoms with E-state index in [1.165, 1.54) is 0 Å². The summed E-state index contributed by atoms with van der Waals surface area (Å²) in [6.45, 7) is 1.13. The second-order valence-electron chi connectivity index (χ2n) is 3.14. The number of rotatable bonds is 2. The number of benzene rings is 1. The van der Waals surface area contributed by atoms with Crippen LogP contribution in [0.5, 0.6) is 0 Å². The van der Waals surface area contributed by atoms with Crippen LogP contribution in [-0.2, 0) is 11.2 Å². The van der Waals surface area contributed by atoms with Crippen LogP contribution in [0.1, 0.15) is 5.56 Å². The van der Waals surface area contributed by atoms with E-state index in [0.717, 1.165) is 11.3 Å². The lowest BCUT2D eigenvalue weighted by Crippen LogP contribution is -2.31. The molecule has 76 valence electrons. The third kappa shape index (κ3) is 1.74. The number of hydrogen-bond donors (Lipinski definition) is 1. The molecular weight excluding hydrogens is 200 g/mol. The number of carbonyl (C=O) groups is 1. The van der Waals surface area contributed by atoms with Crippen LogP contribution in [0.15, 0.2) is 24.3 Å². The van der Waals surface area contributed by atoms with Crippen molar-refractivity contribution in [1.82, 2.24) is 0 Å². The summed E-state index contributed by atoms with van der Waals surface area (Å²) in [4.78, 5) is 13.3. The van der Waals surface area contributed by atoms with Crippen LogP contribution >= 0.6 is 12.4 Å². The molecule has 0 unspecified atom stereocenters. The highest BCUT2D eigenvalue weighted by Gasteiger charge is 2.25. The summed E-state index contributed by atoms with van der Waals surface area (Å²) >= 11 is 0. The molecule has 0 atom stereocenters. The molecule has 1 heterocycles. The second kappa shape index (κ2) is 4.44. The number of para-hydroxylation sites is 1. The molecule has 1 amide bonds. The highest BCUT2D eigenvalue weighted by molar-refractivity contribution is 6.01. The van der Waals surface area contributed by atoms with Gasteiger partial charge in [-0.05, 0) is 11.6 Å². The minimum Gasteiger partial charge on any atom is -0.329 e. The van der Waals surface area contributed by atoms with E-state index in [-0.39, 0.29) is 18.3 Å². The fourth-order valence-electron chi connectivity index (χ4n) is 1.69. The Balaban J connectivity index is 0.000000980. The first kappa shape index (κ1) is 11.0. The number of anilines is 1. The molecule has 1 aromatic rings. The van der Waals surface area contributed by atoms with Gasteiger partial charge in [-0.25, -0.2) is 0 Å². The number of carbonyl (C=O) groups excluding carboxylic acids is 1. The Morgan fingerprint density at radius 2 is 2.07 bits per heavy atom. The lowest BCUT2D eigenvalue weighted by molar-refractivity contribution is -0.117. The van der Waals surface area contributed by atoms with E-state index in [4.69, 9.17) is 5.73 Å². The first-order chi connectivity index (χ1) is 6.33. The molecule has 0 radical (unpaired) electrons. The average molecular weight is 213 g/mol. The molecule has 2 rings (SSSR count). The summed E-state index contributed by atoms with van der Waals surface area (Å²) in [5, 5.41) is 0. The number of fused-ring (bicyclic) bond motifs is 1. The average Bonchev–Trinajstić information content (AvgIpc) is 2.44. The number of nitrogens with zero attached hydrogens (tertiary/aromatic N) is 1. The summed E-state index contributed by atoms with van der Waals surface area (Å²) in [6, 6.07) is 7.86. The normalized spacial score (nSPS) is 13.8. The van der Waals surface area contributed by atoms with E-state index in [2.05, 4.69) is 0 Å². The fourth-order valence-corrected chi connectivity index (χ4v) is 1.69. The van der Waals surface area contributed by atoms with Gasteiger partial charge >= 0.3 is 0 Å². The maximum Gasteiger partial charge on any atom is 0.231 e. The van der Waals surface area contributed by atoms with Gasteiger partial charge in [-0.1, -0.05) is 18.2 Å². The predicted molar refractivity (Wildman–Crippen MR) is 58.8 cm³/mol. The summed E-state index contributed by atoms with van der Waals surface area (Å²) in [5.41, 5.74) is 7.57. The minimum atomic E-state index is 0. The summed E-state index contributed by atoms with van der Waals surface area (Å²) in [7, 11) is 0. The highest BCUT2D eigenvalue weighted by atomic mass is 35.5. The van der Waals surface area contributed by atoms with E-state index in [1.807, 2.05) is 24.3 Å². The van der Waals surface area contributed by atoms with Crippen LogP contribution < -0.4 is 10.6 Å². The quantitative estimate of drug-likeness (QED) is 0.794. The van der Waals surface area contributed by atoms with Crippen LogP contribution in [0, 0.1) is 0 Å². The van der Waals surface area contributed by atoms with E-state index >= 15 is 0 Å². The van der Waals surface area contributed by atoms with Gasteiger partial charge in [-0.2, -0.15) is 0 Å². The Labute approximate surface area is 89.3 Å². The Morgan fingerprint density at radius 1 is 1.36 bits per heavy atom. The predicted octanol–water partition coefficient (Wildman–Crippen LogP) is 0.956. The standard InChI is InChI=1S/C10H12N2O.ClH/c11-5-6-12-9-4-2-1-3-8(9)7-10(12)13;/h1-4H,5-7,11H2;1H. The SMILES string of the molecule is Cl.NCCN1C(=O)Cc2ccccc21. The van der Waals surface area contributed by atoms with Gasteiger partial charge in [0.25, 0.3) is 0 Å². The highest BCUT2D eigenvalue weighted by Crippen LogP contribution is 2.27. The van der Waals surface area contributed by atoms with Gasteiger partial charge in [-0.3, -0.25) is 4.79 Å². The largest absolute Gasteiger partial charge is 0.329 e. The topological polar surface area (TPSA) is 46.3 Å². The molecule has 14 heavy (non-hydrogen) atoms. The molecule has 1 aromatic carbocycles. The zero-order valence-corrected chi connectivity index (χ0v) is 8.59. The van der Waals surface area contributed by atoms with Gasteiger partial charge in [0.1, 0.15) is 0 Å². The molecule has 0 aromatic heterocycles. The molecule has 3 nitrogen and oxygen atoms in total. The van der Waals surface area contributed by atoms with Crippen molar-refractivity contribution in [2.45, 2.75) is 6.42 Å². The molecule has 4 heteroatoms. The van der Waals surface area contributed by atoms with Crippen molar-refractivity contribution in [3.63, 3.8) is 0 Å². The van der Waals surface area contributed by atoms with Gasteiger partial charge in [0.2, 0.25) is 5.91 Å². The fraction of sp³-hybridized carbons (Fsp3) is 0.300. The van der Waals surface area contributed by atoms with Crippen LogP contribution in [0.4, 0.5) is 5.69 Å². The van der Waals surface area contributed by atoms with Gasteiger partial charge < -0.3 is 10.6 Å². The van der Waals surface area contributed by atoms with Gasteiger partial charge in [0, 0.05) is 18.8 Å². The molecule has 0 bridgehead atoms. The van der Waals surface area contributed by atoms with Crippen LogP contribution in [0.25, 0.3) is 0 Å². The second-order valence-corrected chi connectivity index (χ2v) is 3.14. The van der Waals surface area contributed by atoms with E-state index in [0.29, 0.717) is 19.5 Å². The van der Waals surface area contributed by atoms with Gasteiger partial charge in [0.05, 0.1) is 6.42 Å². The molecule has 0 aliphatic carbocycles. The molecule has 1 aliphatic heterocycles. The zero-order chi connectivity index (χ0) is 9.26. The van der Waals surface area contributed by atoms with E-state index in [1.54, 1.807) is 4.90 Å². The first-order valence-electron chi connectivity index (χ1n) is 4.41. The summed E-state index contributed by atoms with van der Waals surface area (Å²) < 4.78 is 0. The third-order valence-electron chi connectivity index (χ3n) is 2.28. The number of halogens is 1. The van der Waals surface area contributed by atoms with E-state index < -0.39 is 0 Å². The molecule has 0 spiro atoms. The van der Waals surface area contributed by atoms with Gasteiger partial charge in [-0.15, -0.1) is 12.4 Å². The number of nitrogens with two attached hydrogens (primary N) is 1. The van der Waals surface area contributed by atoms with Crippen molar-refractivity contribution < 1.29 is 4.79 Å². The molecule has 2 N–H and O–H groups in total.